The molecule has 1 aromatic heterocycles. The third-order valence-corrected chi connectivity index (χ3v) is 2.93. The van der Waals surface area contributed by atoms with Crippen molar-refractivity contribution in [2.75, 3.05) is 19.5 Å². The summed E-state index contributed by atoms with van der Waals surface area (Å²) in [5.41, 5.74) is -0.438. The van der Waals surface area contributed by atoms with E-state index >= 15 is 0 Å². The largest absolute Gasteiger partial charge is 0.439 e. The molecule has 1 aromatic carbocycles. The number of amides is 2. The Morgan fingerprint density at radius 2 is 2.00 bits per heavy atom. The molecular formula is C15H14F3N3O3. The quantitative estimate of drug-likeness (QED) is 0.856. The minimum absolute atomic E-state index is 0.00762. The molecule has 2 aromatic rings. The van der Waals surface area contributed by atoms with Crippen molar-refractivity contribution in [1.82, 2.24) is 10.0 Å². The first-order valence-electron chi connectivity index (χ1n) is 6.69. The number of benzene rings is 1. The molecule has 2 amide bonds. The molecule has 0 spiro atoms. The van der Waals surface area contributed by atoms with Gasteiger partial charge in [0.1, 0.15) is 5.75 Å². The Kier molecular flexibility index (Phi) is 5.24. The van der Waals surface area contributed by atoms with E-state index in [1.807, 2.05) is 0 Å². The van der Waals surface area contributed by atoms with Crippen molar-refractivity contribution >= 4 is 11.7 Å². The number of urea groups is 1. The van der Waals surface area contributed by atoms with Crippen molar-refractivity contribution in [2.24, 2.45) is 0 Å². The fourth-order valence-electron chi connectivity index (χ4n) is 1.66. The molecule has 9 heteroatoms. The van der Waals surface area contributed by atoms with Crippen LogP contribution in [0.25, 0.3) is 0 Å². The summed E-state index contributed by atoms with van der Waals surface area (Å²) in [6.07, 6.45) is -3.14. The van der Waals surface area contributed by atoms with Crippen LogP contribution in [-0.4, -0.2) is 30.2 Å². The summed E-state index contributed by atoms with van der Waals surface area (Å²) in [6.45, 7) is 0. The molecule has 2 rings (SSSR count). The number of carbonyl (C=O) groups is 1. The second-order valence-corrected chi connectivity index (χ2v) is 4.62. The molecule has 6 nitrogen and oxygen atoms in total. The van der Waals surface area contributed by atoms with Gasteiger partial charge in [-0.25, -0.2) is 14.8 Å². The zero-order valence-electron chi connectivity index (χ0n) is 12.8. The Morgan fingerprint density at radius 1 is 1.25 bits per heavy atom. The third kappa shape index (κ3) is 4.59. The monoisotopic (exact) mass is 341 g/mol. The summed E-state index contributed by atoms with van der Waals surface area (Å²) in [4.78, 5) is 20.2. The molecule has 0 aliphatic carbocycles. The highest BCUT2D eigenvalue weighted by Gasteiger charge is 2.30. The van der Waals surface area contributed by atoms with Gasteiger partial charge in [-0.3, -0.25) is 4.84 Å². The van der Waals surface area contributed by atoms with Crippen LogP contribution in [-0.2, 0) is 11.0 Å². The summed E-state index contributed by atoms with van der Waals surface area (Å²) in [6, 6.07) is 6.87. The van der Waals surface area contributed by atoms with Crippen molar-refractivity contribution in [3.8, 4) is 11.6 Å². The van der Waals surface area contributed by atoms with Crippen LogP contribution in [0.1, 0.15) is 5.56 Å². The Hall–Kier alpha value is -2.81. The van der Waals surface area contributed by atoms with Gasteiger partial charge in [-0.05, 0) is 24.3 Å². The molecule has 0 fully saturated rings. The predicted molar refractivity (Wildman–Crippen MR) is 79.5 cm³/mol. The van der Waals surface area contributed by atoms with Crippen molar-refractivity contribution in [3.05, 3.63) is 48.2 Å². The molecule has 0 bridgehead atoms. The number of rotatable bonds is 4. The molecule has 0 unspecified atom stereocenters. The first-order valence-corrected chi connectivity index (χ1v) is 6.69. The van der Waals surface area contributed by atoms with Crippen LogP contribution in [0.4, 0.5) is 23.7 Å². The van der Waals surface area contributed by atoms with Crippen molar-refractivity contribution in [1.29, 1.82) is 0 Å². The lowest BCUT2D eigenvalue weighted by atomic mass is 10.2. The number of nitrogens with zero attached hydrogens (tertiary/aromatic N) is 2. The van der Waals surface area contributed by atoms with E-state index in [1.165, 1.54) is 44.6 Å². The number of hydrogen-bond donors (Lipinski definition) is 1. The lowest BCUT2D eigenvalue weighted by Gasteiger charge is -2.14. The highest BCUT2D eigenvalue weighted by molar-refractivity contribution is 5.88. The zero-order chi connectivity index (χ0) is 17.7. The van der Waals surface area contributed by atoms with Crippen LogP contribution < -0.4 is 10.1 Å². The number of carbonyl (C=O) groups excluding carboxylic acids is 1. The third-order valence-electron chi connectivity index (χ3n) is 2.93. The maximum atomic E-state index is 12.6. The van der Waals surface area contributed by atoms with Crippen LogP contribution in [0.5, 0.6) is 11.6 Å². The zero-order valence-corrected chi connectivity index (χ0v) is 12.8. The van der Waals surface area contributed by atoms with Crippen LogP contribution in [0.3, 0.4) is 0 Å². The summed E-state index contributed by atoms with van der Waals surface area (Å²) >= 11 is 0. The van der Waals surface area contributed by atoms with E-state index in [-0.39, 0.29) is 11.6 Å². The van der Waals surface area contributed by atoms with E-state index < -0.39 is 17.8 Å². The second-order valence-electron chi connectivity index (χ2n) is 4.62. The maximum absolute atomic E-state index is 12.6. The van der Waals surface area contributed by atoms with E-state index in [0.717, 1.165) is 17.2 Å². The molecule has 0 aliphatic rings. The van der Waals surface area contributed by atoms with E-state index in [2.05, 4.69) is 10.3 Å². The minimum atomic E-state index is -4.45. The number of halogens is 3. The highest BCUT2D eigenvalue weighted by Crippen LogP contribution is 2.32. The average molecular weight is 341 g/mol. The number of hydrogen-bond acceptors (Lipinski definition) is 4. The molecule has 1 heterocycles. The maximum Gasteiger partial charge on any atom is 0.416 e. The van der Waals surface area contributed by atoms with Gasteiger partial charge in [0.2, 0.25) is 5.88 Å². The van der Waals surface area contributed by atoms with Crippen LogP contribution in [0.2, 0.25) is 0 Å². The number of ether oxygens (including phenoxy) is 1. The number of alkyl halides is 3. The number of aromatic nitrogens is 1. The van der Waals surface area contributed by atoms with Gasteiger partial charge in [0.25, 0.3) is 0 Å². The number of pyridine rings is 1. The van der Waals surface area contributed by atoms with Crippen molar-refractivity contribution < 1.29 is 27.5 Å². The standard InChI is InChI=1S/C15H14F3N3O3/c1-21(23-2)14(22)20-11-6-7-13(19-9-11)24-12-5-3-4-10(8-12)15(16,17)18/h3-9H,1-2H3,(H,20,22). The van der Waals surface area contributed by atoms with Gasteiger partial charge < -0.3 is 10.1 Å². The average Bonchev–Trinajstić information content (AvgIpc) is 2.55. The Bertz CT molecular complexity index is 705. The van der Waals surface area contributed by atoms with Crippen molar-refractivity contribution in [2.45, 2.75) is 6.18 Å². The fourth-order valence-corrected chi connectivity index (χ4v) is 1.66. The predicted octanol–water partition coefficient (Wildman–Crippen LogP) is 3.92. The SMILES string of the molecule is CON(C)C(=O)Nc1ccc(Oc2cccc(C(F)(F)F)c2)nc1. The lowest BCUT2D eigenvalue weighted by Crippen LogP contribution is -2.30. The molecule has 24 heavy (non-hydrogen) atoms. The fraction of sp³-hybridized carbons (Fsp3) is 0.200. The van der Waals surface area contributed by atoms with Crippen LogP contribution in [0, 0.1) is 0 Å². The highest BCUT2D eigenvalue weighted by atomic mass is 19.4. The van der Waals surface area contributed by atoms with E-state index in [4.69, 9.17) is 9.57 Å². The van der Waals surface area contributed by atoms with E-state index in [1.54, 1.807) is 0 Å². The molecule has 1 N–H and O–H groups in total. The summed E-state index contributed by atoms with van der Waals surface area (Å²) in [7, 11) is 2.76. The molecule has 0 atom stereocenters. The van der Waals surface area contributed by atoms with Gasteiger partial charge in [0.05, 0.1) is 24.6 Å². The van der Waals surface area contributed by atoms with Gasteiger partial charge in [0, 0.05) is 13.1 Å². The van der Waals surface area contributed by atoms with Gasteiger partial charge in [0.15, 0.2) is 0 Å². The molecular weight excluding hydrogens is 327 g/mol. The molecule has 0 saturated heterocycles. The van der Waals surface area contributed by atoms with Crippen LogP contribution >= 0.6 is 0 Å². The van der Waals surface area contributed by atoms with E-state index in [9.17, 15) is 18.0 Å². The van der Waals surface area contributed by atoms with Crippen molar-refractivity contribution in [3.63, 3.8) is 0 Å². The molecule has 0 aliphatic heterocycles. The van der Waals surface area contributed by atoms with E-state index in [0.29, 0.717) is 5.69 Å². The Labute approximate surface area is 135 Å². The second kappa shape index (κ2) is 7.18. The Morgan fingerprint density at radius 3 is 2.58 bits per heavy atom. The summed E-state index contributed by atoms with van der Waals surface area (Å²) < 4.78 is 43.2. The molecule has 0 radical (unpaired) electrons. The lowest BCUT2D eigenvalue weighted by molar-refractivity contribution is -0.137. The number of anilines is 1. The van der Waals surface area contributed by atoms with Crippen LogP contribution in [0.15, 0.2) is 42.6 Å². The normalized spacial score (nSPS) is 11.0. The minimum Gasteiger partial charge on any atom is -0.439 e. The number of nitrogens with one attached hydrogen (secondary N) is 1. The first-order chi connectivity index (χ1) is 11.3. The number of hydroxylamine groups is 2. The molecule has 0 saturated carbocycles. The van der Waals surface area contributed by atoms with Gasteiger partial charge in [-0.1, -0.05) is 6.07 Å². The van der Waals surface area contributed by atoms with Gasteiger partial charge in [-0.2, -0.15) is 13.2 Å². The smallest absolute Gasteiger partial charge is 0.416 e. The van der Waals surface area contributed by atoms with Gasteiger partial charge >= 0.3 is 12.2 Å². The first kappa shape index (κ1) is 17.5. The molecule has 128 valence electrons. The Balaban J connectivity index is 2.06. The summed E-state index contributed by atoms with van der Waals surface area (Å²) in [5.74, 6) is 0.0978. The van der Waals surface area contributed by atoms with Gasteiger partial charge in [-0.15, -0.1) is 0 Å². The summed E-state index contributed by atoms with van der Waals surface area (Å²) in [5, 5.41) is 3.49. The topological polar surface area (TPSA) is 63.7 Å².